The van der Waals surface area contributed by atoms with E-state index in [1.165, 1.54) is 6.92 Å². The van der Waals surface area contributed by atoms with Crippen LogP contribution < -0.4 is 5.32 Å². The van der Waals surface area contributed by atoms with Crippen LogP contribution in [0, 0.1) is 6.92 Å². The summed E-state index contributed by atoms with van der Waals surface area (Å²) in [6.07, 6.45) is 0.584. The van der Waals surface area contributed by atoms with Gasteiger partial charge in [0.1, 0.15) is 0 Å². The fraction of sp³-hybridized carbons (Fsp3) is 0.571. The molecule has 5 nitrogen and oxygen atoms in total. The molecular weight excluding hydrogens is 158 g/mol. The van der Waals surface area contributed by atoms with Gasteiger partial charge in [-0.1, -0.05) is 5.16 Å². The molecule has 0 aliphatic heterocycles. The van der Waals surface area contributed by atoms with Crippen LogP contribution in [-0.2, 0) is 11.2 Å². The summed E-state index contributed by atoms with van der Waals surface area (Å²) in [5.74, 6) is 1.13. The van der Waals surface area contributed by atoms with Gasteiger partial charge >= 0.3 is 0 Å². The Labute approximate surface area is 70.2 Å². The highest BCUT2D eigenvalue weighted by atomic mass is 16.5. The zero-order chi connectivity index (χ0) is 8.97. The van der Waals surface area contributed by atoms with Crippen LogP contribution in [0.5, 0.6) is 0 Å². The van der Waals surface area contributed by atoms with E-state index in [-0.39, 0.29) is 5.91 Å². The number of aryl methyl sites for hydroxylation is 1. The molecule has 12 heavy (non-hydrogen) atoms. The third kappa shape index (κ3) is 2.69. The lowest BCUT2D eigenvalue weighted by molar-refractivity contribution is -0.118. The standard InChI is InChI=1S/C7H11N3O2/c1-5-9-7(12-10-5)3-4-8-6(2)11/h3-4H2,1-2H3,(H,8,11). The molecule has 5 heteroatoms. The van der Waals surface area contributed by atoms with Gasteiger partial charge in [-0.25, -0.2) is 0 Å². The molecule has 0 unspecified atom stereocenters. The highest BCUT2D eigenvalue weighted by molar-refractivity contribution is 5.72. The van der Waals surface area contributed by atoms with Crippen molar-refractivity contribution in [3.63, 3.8) is 0 Å². The second-order valence-electron chi connectivity index (χ2n) is 2.47. The summed E-state index contributed by atoms with van der Waals surface area (Å²) >= 11 is 0. The quantitative estimate of drug-likeness (QED) is 0.694. The Bertz CT molecular complexity index is 269. The molecule has 0 aliphatic carbocycles. The van der Waals surface area contributed by atoms with Gasteiger partial charge in [-0.05, 0) is 6.92 Å². The van der Waals surface area contributed by atoms with E-state index >= 15 is 0 Å². The molecule has 0 fully saturated rings. The van der Waals surface area contributed by atoms with Crippen molar-refractivity contribution in [3.05, 3.63) is 11.7 Å². The van der Waals surface area contributed by atoms with Crippen LogP contribution in [0.25, 0.3) is 0 Å². The number of hydrogen-bond acceptors (Lipinski definition) is 4. The molecule has 0 saturated carbocycles. The second-order valence-corrected chi connectivity index (χ2v) is 2.47. The fourth-order valence-electron chi connectivity index (χ4n) is 0.787. The van der Waals surface area contributed by atoms with Gasteiger partial charge < -0.3 is 9.84 Å². The first-order valence-corrected chi connectivity index (χ1v) is 3.72. The Hall–Kier alpha value is -1.39. The SMILES string of the molecule is CC(=O)NCCc1nc(C)no1. The average Bonchev–Trinajstić information content (AvgIpc) is 2.35. The summed E-state index contributed by atoms with van der Waals surface area (Å²) in [6, 6.07) is 0. The molecule has 1 aromatic rings. The lowest BCUT2D eigenvalue weighted by Gasteiger charge is -1.96. The average molecular weight is 169 g/mol. The molecule has 0 spiro atoms. The molecule has 1 heterocycles. The number of aromatic nitrogens is 2. The summed E-state index contributed by atoms with van der Waals surface area (Å²) in [7, 11) is 0. The first-order chi connectivity index (χ1) is 5.68. The minimum absolute atomic E-state index is 0.0498. The molecule has 1 rings (SSSR count). The van der Waals surface area contributed by atoms with Crippen molar-refractivity contribution in [2.45, 2.75) is 20.3 Å². The van der Waals surface area contributed by atoms with Crippen LogP contribution in [0.4, 0.5) is 0 Å². The van der Waals surface area contributed by atoms with Crippen molar-refractivity contribution >= 4 is 5.91 Å². The summed E-state index contributed by atoms with van der Waals surface area (Å²) in [6.45, 7) is 3.77. The Morgan fingerprint density at radius 3 is 2.92 bits per heavy atom. The molecule has 66 valence electrons. The van der Waals surface area contributed by atoms with Gasteiger partial charge in [-0.2, -0.15) is 4.98 Å². The second kappa shape index (κ2) is 3.85. The molecular formula is C7H11N3O2. The van der Waals surface area contributed by atoms with Crippen molar-refractivity contribution in [2.24, 2.45) is 0 Å². The fourth-order valence-corrected chi connectivity index (χ4v) is 0.787. The number of nitrogens with zero attached hydrogens (tertiary/aromatic N) is 2. The molecule has 1 aromatic heterocycles. The Morgan fingerprint density at radius 2 is 2.42 bits per heavy atom. The Morgan fingerprint density at radius 1 is 1.67 bits per heavy atom. The number of hydrogen-bond donors (Lipinski definition) is 1. The third-order valence-electron chi connectivity index (χ3n) is 1.28. The van der Waals surface area contributed by atoms with Gasteiger partial charge in [0.15, 0.2) is 5.82 Å². The third-order valence-corrected chi connectivity index (χ3v) is 1.28. The van der Waals surface area contributed by atoms with E-state index in [0.29, 0.717) is 24.7 Å². The lowest BCUT2D eigenvalue weighted by Crippen LogP contribution is -2.22. The lowest BCUT2D eigenvalue weighted by atomic mass is 10.4. The van der Waals surface area contributed by atoms with Gasteiger partial charge in [-0.15, -0.1) is 0 Å². The topological polar surface area (TPSA) is 68.0 Å². The Balaban J connectivity index is 2.29. The summed E-state index contributed by atoms with van der Waals surface area (Å²) in [4.78, 5) is 14.4. The number of nitrogens with one attached hydrogen (secondary N) is 1. The maximum atomic E-state index is 10.5. The molecule has 0 radical (unpaired) electrons. The van der Waals surface area contributed by atoms with Crippen LogP contribution in [0.15, 0.2) is 4.52 Å². The first kappa shape index (κ1) is 8.70. The maximum Gasteiger partial charge on any atom is 0.228 e. The van der Waals surface area contributed by atoms with E-state index < -0.39 is 0 Å². The van der Waals surface area contributed by atoms with Crippen LogP contribution in [0.3, 0.4) is 0 Å². The minimum atomic E-state index is -0.0498. The highest BCUT2D eigenvalue weighted by Gasteiger charge is 2.01. The highest BCUT2D eigenvalue weighted by Crippen LogP contribution is 1.95. The van der Waals surface area contributed by atoms with Gasteiger partial charge in [0.05, 0.1) is 0 Å². The molecule has 0 aromatic carbocycles. The van der Waals surface area contributed by atoms with E-state index in [4.69, 9.17) is 4.52 Å². The van der Waals surface area contributed by atoms with Crippen molar-refractivity contribution < 1.29 is 9.32 Å². The van der Waals surface area contributed by atoms with Crippen molar-refractivity contribution in [1.82, 2.24) is 15.5 Å². The number of rotatable bonds is 3. The van der Waals surface area contributed by atoms with Crippen LogP contribution in [-0.4, -0.2) is 22.6 Å². The maximum absolute atomic E-state index is 10.5. The van der Waals surface area contributed by atoms with Crippen molar-refractivity contribution in [3.8, 4) is 0 Å². The first-order valence-electron chi connectivity index (χ1n) is 3.72. The Kier molecular flexibility index (Phi) is 2.79. The molecule has 1 N–H and O–H groups in total. The zero-order valence-corrected chi connectivity index (χ0v) is 7.13. The van der Waals surface area contributed by atoms with E-state index in [1.54, 1.807) is 6.92 Å². The minimum Gasteiger partial charge on any atom is -0.356 e. The molecule has 0 aliphatic rings. The van der Waals surface area contributed by atoms with Crippen LogP contribution >= 0.6 is 0 Å². The van der Waals surface area contributed by atoms with E-state index in [1.807, 2.05) is 0 Å². The predicted octanol–water partition coefficient (Wildman–Crippen LogP) is 0.0566. The molecule has 0 saturated heterocycles. The van der Waals surface area contributed by atoms with Gasteiger partial charge in [0.2, 0.25) is 11.8 Å². The van der Waals surface area contributed by atoms with E-state index in [9.17, 15) is 4.79 Å². The molecule has 1 amide bonds. The van der Waals surface area contributed by atoms with Gasteiger partial charge in [-0.3, -0.25) is 4.79 Å². The summed E-state index contributed by atoms with van der Waals surface area (Å²) < 4.78 is 4.83. The normalized spacial score (nSPS) is 9.83. The number of carbonyl (C=O) groups excluding carboxylic acids is 1. The summed E-state index contributed by atoms with van der Waals surface area (Å²) in [5.41, 5.74) is 0. The van der Waals surface area contributed by atoms with Crippen molar-refractivity contribution in [2.75, 3.05) is 6.54 Å². The van der Waals surface area contributed by atoms with Crippen molar-refractivity contribution in [1.29, 1.82) is 0 Å². The number of amides is 1. The van der Waals surface area contributed by atoms with Gasteiger partial charge in [0, 0.05) is 19.9 Å². The van der Waals surface area contributed by atoms with E-state index in [0.717, 1.165) is 0 Å². The van der Waals surface area contributed by atoms with Gasteiger partial charge in [0.25, 0.3) is 0 Å². The molecule has 0 bridgehead atoms. The summed E-state index contributed by atoms with van der Waals surface area (Å²) in [5, 5.41) is 6.25. The van der Waals surface area contributed by atoms with Crippen LogP contribution in [0.1, 0.15) is 18.6 Å². The molecule has 0 atom stereocenters. The number of carbonyl (C=O) groups is 1. The predicted molar refractivity (Wildman–Crippen MR) is 41.4 cm³/mol. The van der Waals surface area contributed by atoms with E-state index in [2.05, 4.69) is 15.5 Å². The zero-order valence-electron chi connectivity index (χ0n) is 7.13. The largest absolute Gasteiger partial charge is 0.356 e. The monoisotopic (exact) mass is 169 g/mol. The van der Waals surface area contributed by atoms with Crippen LogP contribution in [0.2, 0.25) is 0 Å². The smallest absolute Gasteiger partial charge is 0.228 e.